The van der Waals surface area contributed by atoms with Crippen LogP contribution in [0.15, 0.2) is 35.2 Å². The maximum Gasteiger partial charge on any atom is 0.255 e. The van der Waals surface area contributed by atoms with Gasteiger partial charge in [0.05, 0.1) is 20.8 Å². The largest absolute Gasteiger partial charge is 0.387 e. The number of hydrogen-bond acceptors (Lipinski definition) is 6. The minimum absolute atomic E-state index is 0.00871. The van der Waals surface area contributed by atoms with Crippen LogP contribution in [0.2, 0.25) is 5.02 Å². The number of anilines is 1. The third-order valence-corrected chi connectivity index (χ3v) is 10.7. The average molecular weight is 587 g/mol. The maximum absolute atomic E-state index is 13.6. The summed E-state index contributed by atoms with van der Waals surface area (Å²) in [6.45, 7) is 0.524. The summed E-state index contributed by atoms with van der Waals surface area (Å²) >= 11 is 6.21. The minimum atomic E-state index is -4.04. The summed E-state index contributed by atoms with van der Waals surface area (Å²) in [4.78, 5) is 24.7. The minimum Gasteiger partial charge on any atom is -0.387 e. The van der Waals surface area contributed by atoms with Crippen molar-refractivity contribution >= 4 is 38.9 Å². The van der Waals surface area contributed by atoms with Gasteiger partial charge >= 0.3 is 0 Å². The second kappa shape index (κ2) is 10.4. The lowest BCUT2D eigenvalue weighted by Crippen LogP contribution is -2.66. The van der Waals surface area contributed by atoms with Crippen molar-refractivity contribution < 1.29 is 41.0 Å². The van der Waals surface area contributed by atoms with Crippen LogP contribution in [0.1, 0.15) is 42.5 Å². The lowest BCUT2D eigenvalue weighted by molar-refractivity contribution is -0.175. The Hall–Kier alpha value is -2.67. The van der Waals surface area contributed by atoms with Gasteiger partial charge in [0.1, 0.15) is 6.10 Å². The Balaban J connectivity index is 1.28. The number of ether oxygens (including phenoxy) is 1. The van der Waals surface area contributed by atoms with Crippen molar-refractivity contribution in [3.8, 4) is 0 Å². The number of sulfone groups is 1. The van der Waals surface area contributed by atoms with E-state index in [2.05, 4.69) is 10.6 Å². The van der Waals surface area contributed by atoms with Crippen molar-refractivity contribution in [3.05, 3.63) is 58.4 Å². The molecule has 2 bridgehead atoms. The second-order valence-electron chi connectivity index (χ2n) is 10.3. The molecule has 210 valence electrons. The van der Waals surface area contributed by atoms with Gasteiger partial charge < -0.3 is 20.5 Å². The maximum atomic E-state index is 13.6. The zero-order valence-electron chi connectivity index (χ0n) is 20.6. The van der Waals surface area contributed by atoms with E-state index in [1.165, 1.54) is 12.1 Å². The molecule has 2 aromatic carbocycles. The zero-order chi connectivity index (χ0) is 28.1. The highest BCUT2D eigenvalue weighted by atomic mass is 35.5. The van der Waals surface area contributed by atoms with Crippen LogP contribution < -0.4 is 10.6 Å². The monoisotopic (exact) mass is 586 g/mol. The molecule has 0 radical (unpaired) electrons. The standard InChI is InChI=1S/C26H26ClF3N2O6S/c27-18-4-3-13(24(33)32-16-10-19(28)23(30)20(29)11-16)6-22(18)39(36,37)17-8-14-7-15(9-17)26(14,35)12-31-25(34)21-2-1-5-38-21/h3-4,6,10-11,14-15,17,21,35H,1-2,5,7-9,12H2,(H,31,34)(H,32,33)/t14?,15?,17?,21-,26?/m0/s1. The fourth-order valence-electron chi connectivity index (χ4n) is 5.80. The second-order valence-corrected chi connectivity index (χ2v) is 12.9. The molecule has 6 rings (SSSR count). The number of amides is 2. The first-order valence-corrected chi connectivity index (χ1v) is 14.4. The van der Waals surface area contributed by atoms with Crippen molar-refractivity contribution in [1.82, 2.24) is 5.32 Å². The molecule has 2 amide bonds. The molecule has 39 heavy (non-hydrogen) atoms. The van der Waals surface area contributed by atoms with Gasteiger partial charge in [-0.1, -0.05) is 11.6 Å². The molecule has 3 aliphatic carbocycles. The highest BCUT2D eigenvalue weighted by Gasteiger charge is 2.60. The van der Waals surface area contributed by atoms with E-state index in [9.17, 15) is 36.3 Å². The highest BCUT2D eigenvalue weighted by molar-refractivity contribution is 7.92. The van der Waals surface area contributed by atoms with E-state index in [1.54, 1.807) is 0 Å². The third-order valence-electron chi connectivity index (χ3n) is 8.03. The zero-order valence-corrected chi connectivity index (χ0v) is 22.1. The van der Waals surface area contributed by atoms with E-state index in [-0.39, 0.29) is 58.3 Å². The number of hydrogen-bond donors (Lipinski definition) is 3. The van der Waals surface area contributed by atoms with Crippen LogP contribution >= 0.6 is 11.6 Å². The van der Waals surface area contributed by atoms with Gasteiger partial charge in [-0.25, -0.2) is 21.6 Å². The lowest BCUT2D eigenvalue weighted by Gasteiger charge is -2.58. The molecule has 8 nitrogen and oxygen atoms in total. The van der Waals surface area contributed by atoms with Crippen molar-refractivity contribution in [2.24, 2.45) is 11.8 Å². The van der Waals surface area contributed by atoms with Crippen LogP contribution in [-0.4, -0.2) is 55.4 Å². The van der Waals surface area contributed by atoms with Gasteiger partial charge in [0.2, 0.25) is 5.91 Å². The fraction of sp³-hybridized carbons (Fsp3) is 0.462. The number of carbonyl (C=O) groups is 2. The Bertz CT molecular complexity index is 1400. The molecule has 4 fully saturated rings. The topological polar surface area (TPSA) is 122 Å². The number of halogens is 4. The summed E-state index contributed by atoms with van der Waals surface area (Å²) in [7, 11) is -4.04. The van der Waals surface area contributed by atoms with E-state index in [1.807, 2.05) is 0 Å². The van der Waals surface area contributed by atoms with Gasteiger partial charge in [0.15, 0.2) is 27.3 Å². The fourth-order valence-corrected chi connectivity index (χ4v) is 8.20. The van der Waals surface area contributed by atoms with Crippen molar-refractivity contribution in [2.45, 2.75) is 54.0 Å². The summed E-state index contributed by atoms with van der Waals surface area (Å²) < 4.78 is 72.7. The number of rotatable bonds is 7. The van der Waals surface area contributed by atoms with Gasteiger partial charge in [0, 0.05) is 36.5 Å². The van der Waals surface area contributed by atoms with Crippen LogP contribution in [0, 0.1) is 29.3 Å². The summed E-state index contributed by atoms with van der Waals surface area (Å²) in [6, 6.07) is 4.76. The van der Waals surface area contributed by atoms with Gasteiger partial charge in [-0.05, 0) is 62.1 Å². The summed E-state index contributed by atoms with van der Waals surface area (Å²) in [5.74, 6) is -6.54. The molecule has 0 aromatic heterocycles. The molecule has 1 aliphatic heterocycles. The molecular weight excluding hydrogens is 561 g/mol. The van der Waals surface area contributed by atoms with E-state index in [0.717, 1.165) is 12.5 Å². The van der Waals surface area contributed by atoms with Crippen LogP contribution in [0.3, 0.4) is 0 Å². The number of fused-ring (bicyclic) bond motifs is 2. The van der Waals surface area contributed by atoms with Gasteiger partial charge in [-0.2, -0.15) is 0 Å². The molecule has 13 heteroatoms. The molecule has 1 heterocycles. The number of aliphatic hydroxyl groups is 1. The molecular formula is C26H26ClF3N2O6S. The Morgan fingerprint density at radius 2 is 1.74 bits per heavy atom. The van der Waals surface area contributed by atoms with Gasteiger partial charge in [-0.3, -0.25) is 9.59 Å². The first-order valence-electron chi connectivity index (χ1n) is 12.5. The van der Waals surface area contributed by atoms with Gasteiger partial charge in [0.25, 0.3) is 5.91 Å². The molecule has 3 atom stereocenters. The van der Waals surface area contributed by atoms with E-state index < -0.39 is 50.2 Å². The quantitative estimate of drug-likeness (QED) is 0.426. The average Bonchev–Trinajstić information content (AvgIpc) is 3.45. The molecule has 3 N–H and O–H groups in total. The molecule has 4 aliphatic rings. The Morgan fingerprint density at radius 1 is 1.08 bits per heavy atom. The van der Waals surface area contributed by atoms with Crippen molar-refractivity contribution in [3.63, 3.8) is 0 Å². The van der Waals surface area contributed by atoms with Crippen molar-refractivity contribution in [1.29, 1.82) is 0 Å². The molecule has 0 spiro atoms. The third kappa shape index (κ3) is 5.15. The van der Waals surface area contributed by atoms with E-state index >= 15 is 0 Å². The lowest BCUT2D eigenvalue weighted by atomic mass is 9.53. The Labute approximate surface area is 227 Å². The van der Waals surface area contributed by atoms with Crippen LogP contribution in [0.4, 0.5) is 18.9 Å². The Morgan fingerprint density at radius 3 is 2.36 bits per heavy atom. The first kappa shape index (κ1) is 27.9. The normalized spacial score (nSPS) is 28.0. The number of carbonyl (C=O) groups excluding carboxylic acids is 2. The molecule has 2 unspecified atom stereocenters. The number of nitrogens with one attached hydrogen (secondary N) is 2. The van der Waals surface area contributed by atoms with E-state index in [4.69, 9.17) is 16.3 Å². The highest BCUT2D eigenvalue weighted by Crippen LogP contribution is 2.55. The Kier molecular flexibility index (Phi) is 7.42. The first-order chi connectivity index (χ1) is 18.4. The van der Waals surface area contributed by atoms with Gasteiger partial charge in [-0.15, -0.1) is 0 Å². The molecule has 2 aromatic rings. The summed E-state index contributed by atoms with van der Waals surface area (Å²) in [5, 5.41) is 15.2. The van der Waals surface area contributed by atoms with Crippen LogP contribution in [0.25, 0.3) is 0 Å². The predicted octanol–water partition coefficient (Wildman–Crippen LogP) is 3.61. The van der Waals surface area contributed by atoms with Crippen LogP contribution in [-0.2, 0) is 19.4 Å². The summed E-state index contributed by atoms with van der Waals surface area (Å²) in [6.07, 6.45) is 1.79. The smallest absolute Gasteiger partial charge is 0.255 e. The van der Waals surface area contributed by atoms with E-state index in [0.29, 0.717) is 31.6 Å². The van der Waals surface area contributed by atoms with Crippen LogP contribution in [0.5, 0.6) is 0 Å². The van der Waals surface area contributed by atoms with Crippen molar-refractivity contribution in [2.75, 3.05) is 18.5 Å². The molecule has 3 saturated carbocycles. The number of benzene rings is 2. The SMILES string of the molecule is O=C(Nc1cc(F)c(F)c(F)c1)c1ccc(Cl)c(S(=O)(=O)C2CC3CC(C2)C3(O)CNC(=O)[C@@H]2CCCO2)c1. The molecule has 1 saturated heterocycles. The summed E-state index contributed by atoms with van der Waals surface area (Å²) in [5.41, 5.74) is -1.71. The predicted molar refractivity (Wildman–Crippen MR) is 134 cm³/mol.